The lowest BCUT2D eigenvalue weighted by Gasteiger charge is -2.49. The molecule has 494 valence electrons. The van der Waals surface area contributed by atoms with E-state index in [1.54, 1.807) is 19.6 Å². The third kappa shape index (κ3) is 12.5. The zero-order chi connectivity index (χ0) is 65.2. The van der Waals surface area contributed by atoms with Crippen LogP contribution in [0.4, 0.5) is 47.1 Å². The van der Waals surface area contributed by atoms with E-state index in [4.69, 9.17) is 27.7 Å². The number of aromatic nitrogens is 16. The number of allylic oxidation sites excluding steroid dienone is 4. The van der Waals surface area contributed by atoms with Gasteiger partial charge in [0.1, 0.15) is 0 Å². The van der Waals surface area contributed by atoms with E-state index in [1.165, 1.54) is 0 Å². The highest BCUT2D eigenvalue weighted by atomic mass is 16.5. The van der Waals surface area contributed by atoms with Crippen LogP contribution in [-0.4, -0.2) is 199 Å². The average Bonchev–Trinajstić information content (AvgIpc) is 1.72. The lowest BCUT2D eigenvalue weighted by Crippen LogP contribution is -2.60. The van der Waals surface area contributed by atoms with Crippen LogP contribution in [0.15, 0.2) is 73.9 Å². The number of anilines is 8. The highest BCUT2D eigenvalue weighted by Gasteiger charge is 2.41. The zero-order valence-electron chi connectivity index (χ0n) is 53.5. The Morgan fingerprint density at radius 1 is 0.495 bits per heavy atom. The van der Waals surface area contributed by atoms with Gasteiger partial charge in [0.05, 0.1) is 67.3 Å². The number of nitrogens with zero attached hydrogens (tertiary/aromatic N) is 20. The molecule has 4 fully saturated rings. The lowest BCUT2D eigenvalue weighted by molar-refractivity contribution is -0.00737. The molecule has 13 N–H and O–H groups in total. The van der Waals surface area contributed by atoms with Gasteiger partial charge in [0.15, 0.2) is 67.9 Å². The van der Waals surface area contributed by atoms with E-state index in [0.717, 1.165) is 116 Å². The molecule has 0 radical (unpaired) electrons. The Balaban J connectivity index is 0.000000113. The third-order valence-electron chi connectivity index (χ3n) is 19.1. The number of hydrogen-bond acceptors (Lipinski definition) is 26. The van der Waals surface area contributed by atoms with E-state index in [2.05, 4.69) is 132 Å². The second kappa shape index (κ2) is 25.3. The Hall–Kier alpha value is -8.68. The molecule has 8 aliphatic rings. The van der Waals surface area contributed by atoms with Gasteiger partial charge in [-0.3, -0.25) is 0 Å². The maximum Gasteiger partial charge on any atom is 0.224 e. The fourth-order valence-electron chi connectivity index (χ4n) is 13.8. The molecule has 30 nitrogen and oxygen atoms in total. The molecule has 16 rings (SSSR count). The highest BCUT2D eigenvalue weighted by molar-refractivity contribution is 5.88. The molecule has 0 bridgehead atoms. The molecule has 4 saturated heterocycles. The smallest absolute Gasteiger partial charge is 0.224 e. The van der Waals surface area contributed by atoms with Crippen molar-refractivity contribution in [1.82, 2.24) is 78.1 Å². The number of imidazole rings is 4. The van der Waals surface area contributed by atoms with Gasteiger partial charge < -0.3 is 91.1 Å². The van der Waals surface area contributed by atoms with Crippen molar-refractivity contribution in [2.24, 2.45) is 23.7 Å². The Morgan fingerprint density at radius 2 is 0.849 bits per heavy atom. The van der Waals surface area contributed by atoms with E-state index < -0.39 is 5.60 Å². The largest absolute Gasteiger partial charge is 0.396 e. The van der Waals surface area contributed by atoms with E-state index >= 15 is 0 Å². The predicted octanol–water partition coefficient (Wildman–Crippen LogP) is 3.84. The van der Waals surface area contributed by atoms with Crippen LogP contribution in [0.2, 0.25) is 0 Å². The summed E-state index contributed by atoms with van der Waals surface area (Å²) in [5, 5.41) is 47.2. The summed E-state index contributed by atoms with van der Waals surface area (Å²) >= 11 is 0. The van der Waals surface area contributed by atoms with Crippen LogP contribution in [0, 0.1) is 23.7 Å². The first kappa shape index (κ1) is 63.1. The SMILES string of the molecule is CC(C)OC1CN(c2nc(N)nc3c2ncn3[C@H]2C=C[C@@H](CO)C2)C1.CC1(C)CCN1c1nc(N)nc2c1ncn2[C@H]1C=C[C@@H](CO)C1.CC1(O)CN(c2nc(N)nc3c2ncn3[C@H]2C=C[C@@H](CO)C2)C1.CC1CCN1c1nc(N)nc2c1ncn2[C@H]1C=C[C@@H](CO)C1. The summed E-state index contributed by atoms with van der Waals surface area (Å²) in [5.74, 6) is 4.85. The molecule has 4 aliphatic carbocycles. The number of β-amino-alcohol motifs (C(OH)–C–C–N with tert-alkyl or cyclic N) is 1. The van der Waals surface area contributed by atoms with Crippen molar-refractivity contribution in [2.75, 3.05) is 108 Å². The number of nitrogen functional groups attached to an aromatic ring is 4. The minimum atomic E-state index is -0.697. The number of rotatable bonds is 14. The molecule has 0 spiro atoms. The first-order chi connectivity index (χ1) is 44.7. The summed E-state index contributed by atoms with van der Waals surface area (Å²) in [6, 6.07) is 1.03. The van der Waals surface area contributed by atoms with Crippen molar-refractivity contribution in [2.45, 2.75) is 134 Å². The van der Waals surface area contributed by atoms with Crippen molar-refractivity contribution in [1.29, 1.82) is 0 Å². The monoisotopic (exact) mass is 1270 g/mol. The van der Waals surface area contributed by atoms with Crippen molar-refractivity contribution in [3.63, 3.8) is 0 Å². The number of aliphatic hydroxyl groups excluding tert-OH is 4. The minimum absolute atomic E-state index is 0.0761. The normalized spacial score (nSPS) is 25.7. The van der Waals surface area contributed by atoms with Crippen molar-refractivity contribution < 1.29 is 30.3 Å². The summed E-state index contributed by atoms with van der Waals surface area (Å²) in [4.78, 5) is 61.8. The first-order valence-corrected chi connectivity index (χ1v) is 32.3. The minimum Gasteiger partial charge on any atom is -0.396 e. The Labute approximate surface area is 537 Å². The molecule has 4 aliphatic heterocycles. The summed E-state index contributed by atoms with van der Waals surface area (Å²) in [6.45, 7) is 17.6. The summed E-state index contributed by atoms with van der Waals surface area (Å²) < 4.78 is 13.9. The fraction of sp³-hybridized carbons (Fsp3) is 0.556. The van der Waals surface area contributed by atoms with Crippen LogP contribution in [0.25, 0.3) is 44.7 Å². The van der Waals surface area contributed by atoms with Gasteiger partial charge >= 0.3 is 0 Å². The van der Waals surface area contributed by atoms with E-state index in [0.29, 0.717) is 36.1 Å². The van der Waals surface area contributed by atoms with Crippen molar-refractivity contribution in [3.8, 4) is 0 Å². The Bertz CT molecular complexity index is 4140. The molecule has 1 unspecified atom stereocenters. The number of nitrogens with two attached hydrogens (primary N) is 4. The average molecular weight is 1280 g/mol. The third-order valence-corrected chi connectivity index (χ3v) is 19.1. The van der Waals surface area contributed by atoms with E-state index in [-0.39, 0.29) is 116 Å². The zero-order valence-corrected chi connectivity index (χ0v) is 53.5. The van der Waals surface area contributed by atoms with Gasteiger partial charge in [-0.15, -0.1) is 0 Å². The van der Waals surface area contributed by atoms with Gasteiger partial charge in [-0.25, -0.2) is 19.9 Å². The molecular formula is C63H86N24O6. The Morgan fingerprint density at radius 3 is 1.15 bits per heavy atom. The Kier molecular flexibility index (Phi) is 17.2. The maximum absolute atomic E-state index is 9.95. The van der Waals surface area contributed by atoms with Gasteiger partial charge in [-0.05, 0) is 80.1 Å². The molecule has 0 saturated carbocycles. The highest BCUT2D eigenvalue weighted by Crippen LogP contribution is 2.41. The standard InChI is InChI=1S/C17H24N6O2.C16H22N6O.C15H20N6O2.C15H20N6O/c1-10(2)25-13-6-22(7-13)15-14-16(21-17(18)20-15)23(9-19-14)12-4-3-11(5-12)8-24;1-16(2)5-6-22(16)14-12-13(19-15(17)20-14)21(9-18-12)11-4-3-10(7-11)8-23;1-15(23)6-20(7-15)12-11-13(19-14(16)18-12)21(8-17-11)10-3-2-9(4-10)5-22;1-9-4-5-20(9)13-12-14(19-15(16)18-13)21(8-17-12)11-3-2-10(6-11)7-22/h3-4,9-13,24H,5-8H2,1-2H3,(H2,18,20,21);3-4,9-11,23H,5-8H2,1-2H3,(H2,17,19,20);2-3,8-10,22-23H,4-7H2,1H3,(H2,16,18,19);2-3,8-11,22H,4-7H2,1H3,(H2,16,18,19)/t11-,12+;10-,11+;9-,10+;9?,10-,11+/m1111/s1. The van der Waals surface area contributed by atoms with Crippen molar-refractivity contribution >= 4 is 91.7 Å². The predicted molar refractivity (Wildman–Crippen MR) is 355 cm³/mol. The summed E-state index contributed by atoms with van der Waals surface area (Å²) in [7, 11) is 0. The molecule has 0 amide bonds. The van der Waals surface area contributed by atoms with Gasteiger partial charge in [0, 0.05) is 101 Å². The molecule has 93 heavy (non-hydrogen) atoms. The first-order valence-electron chi connectivity index (χ1n) is 32.3. The molecule has 8 aromatic rings. The molecule has 0 aromatic carbocycles. The quantitative estimate of drug-likeness (QED) is 0.0698. The van der Waals surface area contributed by atoms with Gasteiger partial charge in [-0.1, -0.05) is 48.6 Å². The van der Waals surface area contributed by atoms with Crippen LogP contribution in [0.5, 0.6) is 0 Å². The van der Waals surface area contributed by atoms with Crippen molar-refractivity contribution in [3.05, 3.63) is 73.9 Å². The summed E-state index contributed by atoms with van der Waals surface area (Å²) in [5.41, 5.74) is 29.1. The van der Waals surface area contributed by atoms with Crippen LogP contribution >= 0.6 is 0 Å². The van der Waals surface area contributed by atoms with E-state index in [9.17, 15) is 25.5 Å². The molecule has 30 heteroatoms. The van der Waals surface area contributed by atoms with E-state index in [1.807, 2.05) is 61.8 Å². The second-order valence-electron chi connectivity index (χ2n) is 27.1. The molecule has 12 heterocycles. The van der Waals surface area contributed by atoms with Crippen LogP contribution in [0.1, 0.15) is 104 Å². The van der Waals surface area contributed by atoms with Gasteiger partial charge in [0.25, 0.3) is 0 Å². The van der Waals surface area contributed by atoms with Crippen LogP contribution in [-0.2, 0) is 4.74 Å². The lowest BCUT2D eigenvalue weighted by atomic mass is 9.89. The van der Waals surface area contributed by atoms with Crippen LogP contribution in [0.3, 0.4) is 0 Å². The summed E-state index contributed by atoms with van der Waals surface area (Å²) in [6.07, 6.45) is 29.8. The molecule has 9 atom stereocenters. The number of ether oxygens (including phenoxy) is 1. The van der Waals surface area contributed by atoms with Crippen LogP contribution < -0.4 is 42.5 Å². The number of hydrogen-bond donors (Lipinski definition) is 9. The maximum atomic E-state index is 9.95. The van der Waals surface area contributed by atoms with Gasteiger partial charge in [0.2, 0.25) is 23.8 Å². The fourth-order valence-corrected chi connectivity index (χ4v) is 13.8. The molecule has 8 aromatic heterocycles. The topological polar surface area (TPSA) is 402 Å². The second-order valence-corrected chi connectivity index (χ2v) is 27.1. The number of aliphatic hydroxyl groups is 5. The van der Waals surface area contributed by atoms with Gasteiger partial charge in [-0.2, -0.15) is 39.9 Å². The number of fused-ring (bicyclic) bond motifs is 4. The molecular weight excluding hydrogens is 1190 g/mol.